The van der Waals surface area contributed by atoms with Crippen molar-refractivity contribution in [2.75, 3.05) is 13.1 Å². The third-order valence-corrected chi connectivity index (χ3v) is 6.08. The van der Waals surface area contributed by atoms with Crippen LogP contribution >= 0.6 is 0 Å². The van der Waals surface area contributed by atoms with Crippen LogP contribution < -0.4 is 5.48 Å². The molecule has 2 aliphatic rings. The highest BCUT2D eigenvalue weighted by atomic mass is 16.7. The van der Waals surface area contributed by atoms with Crippen LogP contribution in [0.1, 0.15) is 29.5 Å². The Kier molecular flexibility index (Phi) is 5.11. The number of amidine groups is 1. The van der Waals surface area contributed by atoms with E-state index in [9.17, 15) is 0 Å². The Hall–Kier alpha value is -2.95. The molecule has 4 heteroatoms. The minimum absolute atomic E-state index is 0.432. The predicted octanol–water partition coefficient (Wildman–Crippen LogP) is 4.94. The molecule has 2 aliphatic heterocycles. The van der Waals surface area contributed by atoms with Gasteiger partial charge in [0.15, 0.2) is 11.6 Å². The first-order valence-electron chi connectivity index (χ1n) is 10.7. The summed E-state index contributed by atoms with van der Waals surface area (Å²) in [4.78, 5) is 13.4. The molecule has 1 N–H and O–H groups in total. The molecule has 1 saturated heterocycles. The summed E-state index contributed by atoms with van der Waals surface area (Å²) in [7, 11) is 0. The fourth-order valence-corrected chi connectivity index (χ4v) is 4.20. The lowest BCUT2D eigenvalue weighted by Gasteiger charge is -2.35. The van der Waals surface area contributed by atoms with E-state index in [4.69, 9.17) is 9.83 Å². The van der Waals surface area contributed by atoms with E-state index in [0.29, 0.717) is 0 Å². The molecular weight excluding hydrogens is 370 g/mol. The lowest BCUT2D eigenvalue weighted by molar-refractivity contribution is -0.0901. The van der Waals surface area contributed by atoms with Gasteiger partial charge in [-0.15, -0.1) is 0 Å². The number of nitrogens with one attached hydrogen (secondary N) is 1. The SMILES string of the molecule is Cc1ccc(-c2ccc(C3=NC4(CCN(Cc5ccccc5)CC4)ON3)cc2)cc1. The van der Waals surface area contributed by atoms with E-state index >= 15 is 0 Å². The Morgan fingerprint density at radius 1 is 0.833 bits per heavy atom. The van der Waals surface area contributed by atoms with Crippen molar-refractivity contribution in [1.82, 2.24) is 10.4 Å². The maximum Gasteiger partial charge on any atom is 0.190 e. The average molecular weight is 398 g/mol. The maximum absolute atomic E-state index is 5.99. The van der Waals surface area contributed by atoms with Gasteiger partial charge in [0.05, 0.1) is 0 Å². The van der Waals surface area contributed by atoms with E-state index in [1.165, 1.54) is 22.3 Å². The Morgan fingerprint density at radius 3 is 2.10 bits per heavy atom. The van der Waals surface area contributed by atoms with E-state index < -0.39 is 5.72 Å². The van der Waals surface area contributed by atoms with Gasteiger partial charge in [-0.1, -0.05) is 84.4 Å². The van der Waals surface area contributed by atoms with Gasteiger partial charge in [-0.3, -0.25) is 4.90 Å². The van der Waals surface area contributed by atoms with Gasteiger partial charge in [0.1, 0.15) is 0 Å². The van der Waals surface area contributed by atoms with Crippen LogP contribution in [0.25, 0.3) is 11.1 Å². The van der Waals surface area contributed by atoms with Gasteiger partial charge in [0.25, 0.3) is 0 Å². The molecule has 0 radical (unpaired) electrons. The van der Waals surface area contributed by atoms with Crippen molar-refractivity contribution in [1.29, 1.82) is 0 Å². The van der Waals surface area contributed by atoms with Crippen molar-refractivity contribution < 1.29 is 4.84 Å². The normalized spacial score (nSPS) is 18.2. The standard InChI is InChI=1S/C26H27N3O/c1-20-7-9-22(10-8-20)23-11-13-24(14-12-23)25-27-26(30-28-25)15-17-29(18-16-26)19-21-5-3-2-4-6-21/h2-14H,15-19H2,1H3,(H,27,28). The van der Waals surface area contributed by atoms with Crippen molar-refractivity contribution >= 4 is 5.84 Å². The summed E-state index contributed by atoms with van der Waals surface area (Å²) in [6, 6.07) is 27.8. The van der Waals surface area contributed by atoms with E-state index in [0.717, 1.165) is 43.9 Å². The summed E-state index contributed by atoms with van der Waals surface area (Å²) in [5.74, 6) is 0.835. The number of likely N-dealkylation sites (tertiary alicyclic amines) is 1. The summed E-state index contributed by atoms with van der Waals surface area (Å²) in [5.41, 5.74) is 8.80. The molecule has 0 amide bonds. The van der Waals surface area contributed by atoms with Crippen molar-refractivity contribution in [3.05, 3.63) is 95.6 Å². The third kappa shape index (κ3) is 4.02. The lowest BCUT2D eigenvalue weighted by Crippen LogP contribution is -2.44. The van der Waals surface area contributed by atoms with E-state index in [1.807, 2.05) is 0 Å². The Morgan fingerprint density at radius 2 is 1.43 bits per heavy atom. The van der Waals surface area contributed by atoms with Crippen molar-refractivity contribution in [2.45, 2.75) is 32.0 Å². The highest BCUT2D eigenvalue weighted by molar-refractivity contribution is 5.99. The number of aliphatic imine (C=N–C) groups is 1. The van der Waals surface area contributed by atoms with Crippen LogP contribution in [0.2, 0.25) is 0 Å². The molecule has 1 fully saturated rings. The first-order valence-corrected chi connectivity index (χ1v) is 10.7. The van der Waals surface area contributed by atoms with Crippen LogP contribution in [-0.4, -0.2) is 29.6 Å². The molecule has 0 aliphatic carbocycles. The molecule has 30 heavy (non-hydrogen) atoms. The molecule has 2 heterocycles. The molecule has 5 rings (SSSR count). The minimum atomic E-state index is -0.432. The fraction of sp³-hybridized carbons (Fsp3) is 0.269. The van der Waals surface area contributed by atoms with Crippen LogP contribution in [0.15, 0.2) is 83.9 Å². The Labute approximate surface area is 178 Å². The van der Waals surface area contributed by atoms with Gasteiger partial charge in [-0.05, 0) is 23.6 Å². The van der Waals surface area contributed by atoms with Gasteiger partial charge in [0, 0.05) is 38.0 Å². The second kappa shape index (κ2) is 8.05. The second-order valence-electron chi connectivity index (χ2n) is 8.32. The quantitative estimate of drug-likeness (QED) is 0.678. The zero-order chi connectivity index (χ0) is 20.4. The van der Waals surface area contributed by atoms with Gasteiger partial charge >= 0.3 is 0 Å². The van der Waals surface area contributed by atoms with Crippen molar-refractivity contribution in [3.8, 4) is 11.1 Å². The van der Waals surface area contributed by atoms with E-state index in [2.05, 4.69) is 96.2 Å². The first kappa shape index (κ1) is 19.0. The number of aryl methyl sites for hydroxylation is 1. The largest absolute Gasteiger partial charge is 0.299 e. The number of hydrogen-bond acceptors (Lipinski definition) is 4. The predicted molar refractivity (Wildman–Crippen MR) is 121 cm³/mol. The van der Waals surface area contributed by atoms with Crippen LogP contribution in [0, 0.1) is 6.92 Å². The number of hydroxylamine groups is 1. The topological polar surface area (TPSA) is 36.9 Å². The Balaban J connectivity index is 1.24. The van der Waals surface area contributed by atoms with Gasteiger partial charge < -0.3 is 0 Å². The smallest absolute Gasteiger partial charge is 0.190 e. The van der Waals surface area contributed by atoms with Crippen molar-refractivity contribution in [3.63, 3.8) is 0 Å². The van der Waals surface area contributed by atoms with Crippen LogP contribution in [0.3, 0.4) is 0 Å². The summed E-state index contributed by atoms with van der Waals surface area (Å²) >= 11 is 0. The molecule has 152 valence electrons. The zero-order valence-corrected chi connectivity index (χ0v) is 17.3. The van der Waals surface area contributed by atoms with E-state index in [-0.39, 0.29) is 0 Å². The molecule has 3 aromatic carbocycles. The second-order valence-corrected chi connectivity index (χ2v) is 8.32. The average Bonchev–Trinajstić information content (AvgIpc) is 3.21. The Bertz CT molecular complexity index is 1020. The molecule has 3 aromatic rings. The number of hydrogen-bond donors (Lipinski definition) is 1. The highest BCUT2D eigenvalue weighted by Crippen LogP contribution is 2.32. The summed E-state index contributed by atoms with van der Waals surface area (Å²) in [6.45, 7) is 5.07. The molecule has 0 atom stereocenters. The number of benzene rings is 3. The minimum Gasteiger partial charge on any atom is -0.299 e. The van der Waals surface area contributed by atoms with Gasteiger partial charge in [-0.25, -0.2) is 15.3 Å². The zero-order valence-electron chi connectivity index (χ0n) is 17.3. The summed E-state index contributed by atoms with van der Waals surface area (Å²) < 4.78 is 0. The van der Waals surface area contributed by atoms with Crippen LogP contribution in [-0.2, 0) is 11.4 Å². The maximum atomic E-state index is 5.99. The molecule has 1 spiro atoms. The monoisotopic (exact) mass is 397 g/mol. The first-order chi connectivity index (χ1) is 14.7. The number of nitrogens with zero attached hydrogens (tertiary/aromatic N) is 2. The fourth-order valence-electron chi connectivity index (χ4n) is 4.20. The highest BCUT2D eigenvalue weighted by Gasteiger charge is 2.40. The summed E-state index contributed by atoms with van der Waals surface area (Å²) in [6.07, 6.45) is 1.80. The lowest BCUT2D eigenvalue weighted by atomic mass is 10.00. The number of piperidine rings is 1. The van der Waals surface area contributed by atoms with Gasteiger partial charge in [-0.2, -0.15) is 0 Å². The number of rotatable bonds is 4. The van der Waals surface area contributed by atoms with Crippen LogP contribution in [0.4, 0.5) is 0 Å². The molecule has 0 bridgehead atoms. The molecule has 0 aromatic heterocycles. The third-order valence-electron chi connectivity index (χ3n) is 6.08. The molecular formula is C26H27N3O. The summed E-state index contributed by atoms with van der Waals surface area (Å²) in [5, 5.41) is 0. The van der Waals surface area contributed by atoms with Crippen molar-refractivity contribution in [2.24, 2.45) is 4.99 Å². The van der Waals surface area contributed by atoms with E-state index in [1.54, 1.807) is 0 Å². The van der Waals surface area contributed by atoms with Crippen LogP contribution in [0.5, 0.6) is 0 Å². The van der Waals surface area contributed by atoms with Gasteiger partial charge in [0.2, 0.25) is 0 Å². The molecule has 0 saturated carbocycles. The molecule has 0 unspecified atom stereocenters. The molecule has 4 nitrogen and oxygen atoms in total.